The first kappa shape index (κ1) is 20.1. The highest BCUT2D eigenvalue weighted by molar-refractivity contribution is 6.02. The number of nitrogens with two attached hydrogens (primary N) is 1. The summed E-state index contributed by atoms with van der Waals surface area (Å²) in [6, 6.07) is 10.3. The Hall–Kier alpha value is -3.18. The van der Waals surface area contributed by atoms with Gasteiger partial charge in [-0.1, -0.05) is 12.1 Å². The zero-order chi connectivity index (χ0) is 21.1. The first-order chi connectivity index (χ1) is 14.5. The van der Waals surface area contributed by atoms with E-state index in [9.17, 15) is 9.59 Å². The van der Waals surface area contributed by atoms with E-state index in [1.807, 2.05) is 24.3 Å². The number of hydrogen-bond donors (Lipinski definition) is 3. The van der Waals surface area contributed by atoms with Gasteiger partial charge in [0.05, 0.1) is 17.7 Å². The third-order valence-corrected chi connectivity index (χ3v) is 5.94. The zero-order valence-electron chi connectivity index (χ0n) is 16.8. The van der Waals surface area contributed by atoms with Crippen LogP contribution in [0.4, 0.5) is 5.82 Å². The average molecular weight is 406 g/mol. The first-order valence-electron chi connectivity index (χ1n) is 10.5. The number of carbonyl (C=O) groups is 2. The Balaban J connectivity index is 1.32. The lowest BCUT2D eigenvalue weighted by molar-refractivity contribution is -0.117. The molecule has 0 saturated heterocycles. The molecule has 8 nitrogen and oxygen atoms in total. The molecule has 1 aromatic carbocycles. The van der Waals surface area contributed by atoms with Gasteiger partial charge in [-0.25, -0.2) is 0 Å². The maximum atomic E-state index is 12.1. The molecule has 0 spiro atoms. The van der Waals surface area contributed by atoms with Crippen molar-refractivity contribution in [2.75, 3.05) is 5.32 Å². The Morgan fingerprint density at radius 1 is 1.13 bits per heavy atom. The number of nitriles is 1. The van der Waals surface area contributed by atoms with Crippen LogP contribution in [-0.4, -0.2) is 27.6 Å². The van der Waals surface area contributed by atoms with Crippen molar-refractivity contribution in [3.63, 3.8) is 0 Å². The molecule has 2 aliphatic carbocycles. The van der Waals surface area contributed by atoms with E-state index in [1.54, 1.807) is 10.9 Å². The van der Waals surface area contributed by atoms with Crippen LogP contribution in [0.2, 0.25) is 0 Å². The van der Waals surface area contributed by atoms with Gasteiger partial charge in [0.25, 0.3) is 5.91 Å². The lowest BCUT2D eigenvalue weighted by Crippen LogP contribution is -2.33. The van der Waals surface area contributed by atoms with Gasteiger partial charge in [-0.3, -0.25) is 14.3 Å². The van der Waals surface area contributed by atoms with Crippen molar-refractivity contribution in [1.29, 1.82) is 5.26 Å². The van der Waals surface area contributed by atoms with Crippen molar-refractivity contribution in [3.05, 3.63) is 47.2 Å². The number of nitrogens with zero attached hydrogens (tertiary/aromatic N) is 3. The summed E-state index contributed by atoms with van der Waals surface area (Å²) >= 11 is 0. The summed E-state index contributed by atoms with van der Waals surface area (Å²) < 4.78 is 1.79. The monoisotopic (exact) mass is 406 g/mol. The van der Waals surface area contributed by atoms with Crippen LogP contribution in [0.1, 0.15) is 66.1 Å². The Kier molecular flexibility index (Phi) is 5.81. The van der Waals surface area contributed by atoms with Crippen LogP contribution >= 0.6 is 0 Å². The van der Waals surface area contributed by atoms with E-state index in [0.717, 1.165) is 50.6 Å². The number of carbonyl (C=O) groups excluding carboxylic acids is 2. The lowest BCUT2D eigenvalue weighted by atomic mass is 9.91. The molecule has 156 valence electrons. The van der Waals surface area contributed by atoms with E-state index in [2.05, 4.69) is 21.8 Å². The third-order valence-electron chi connectivity index (χ3n) is 5.94. The summed E-state index contributed by atoms with van der Waals surface area (Å²) in [4.78, 5) is 23.9. The molecule has 4 rings (SSSR count). The second-order valence-corrected chi connectivity index (χ2v) is 8.19. The first-order valence-corrected chi connectivity index (χ1v) is 10.5. The number of anilines is 1. The van der Waals surface area contributed by atoms with E-state index < -0.39 is 5.91 Å². The summed E-state index contributed by atoms with van der Waals surface area (Å²) in [6.07, 6.45) is 7.30. The van der Waals surface area contributed by atoms with Crippen molar-refractivity contribution in [1.82, 2.24) is 15.1 Å². The zero-order valence-corrected chi connectivity index (χ0v) is 16.8. The summed E-state index contributed by atoms with van der Waals surface area (Å²) in [5.74, 6) is -0.350. The molecule has 2 fully saturated rings. The smallest absolute Gasteiger partial charge is 0.254 e. The van der Waals surface area contributed by atoms with Crippen molar-refractivity contribution in [3.8, 4) is 6.07 Å². The number of aromatic nitrogens is 2. The Labute approximate surface area is 175 Å². The molecule has 0 atom stereocenters. The predicted molar refractivity (Wildman–Crippen MR) is 111 cm³/mol. The molecule has 0 aliphatic heterocycles. The van der Waals surface area contributed by atoms with Crippen molar-refractivity contribution < 1.29 is 9.59 Å². The largest absolute Gasteiger partial charge is 0.365 e. The number of nitrogens with one attached hydrogen (secondary N) is 2. The van der Waals surface area contributed by atoms with Gasteiger partial charge in [0.1, 0.15) is 5.56 Å². The Morgan fingerprint density at radius 2 is 1.83 bits per heavy atom. The van der Waals surface area contributed by atoms with Crippen LogP contribution in [0.15, 0.2) is 30.5 Å². The van der Waals surface area contributed by atoms with E-state index in [1.165, 1.54) is 0 Å². The molecular formula is C22H26N6O2. The number of hydrogen-bond acceptors (Lipinski definition) is 5. The number of primary amides is 1. The van der Waals surface area contributed by atoms with Gasteiger partial charge < -0.3 is 16.4 Å². The lowest BCUT2D eigenvalue weighted by Gasteiger charge is -2.29. The van der Waals surface area contributed by atoms with E-state index in [-0.39, 0.29) is 29.2 Å². The summed E-state index contributed by atoms with van der Waals surface area (Å²) in [5.41, 5.74) is 7.58. The normalized spacial score (nSPS) is 21.0. The van der Waals surface area contributed by atoms with Crippen LogP contribution in [0.5, 0.6) is 0 Å². The number of amides is 2. The van der Waals surface area contributed by atoms with E-state index in [4.69, 9.17) is 11.0 Å². The fraction of sp³-hybridized carbons (Fsp3) is 0.455. The van der Waals surface area contributed by atoms with Gasteiger partial charge in [-0.05, 0) is 56.2 Å². The molecule has 2 aromatic rings. The third kappa shape index (κ3) is 4.69. The molecule has 2 saturated carbocycles. The molecule has 4 N–H and O–H groups in total. The fourth-order valence-corrected chi connectivity index (χ4v) is 3.92. The molecule has 8 heteroatoms. The predicted octanol–water partition coefficient (Wildman–Crippen LogP) is 2.48. The van der Waals surface area contributed by atoms with Gasteiger partial charge in [-0.15, -0.1) is 0 Å². The number of benzene rings is 1. The van der Waals surface area contributed by atoms with Gasteiger partial charge >= 0.3 is 0 Å². The van der Waals surface area contributed by atoms with Crippen LogP contribution in [0, 0.1) is 17.2 Å². The van der Waals surface area contributed by atoms with Crippen LogP contribution in [-0.2, 0) is 11.3 Å². The van der Waals surface area contributed by atoms with Crippen LogP contribution < -0.4 is 16.4 Å². The molecule has 1 heterocycles. The van der Waals surface area contributed by atoms with Crippen molar-refractivity contribution in [2.24, 2.45) is 11.7 Å². The Morgan fingerprint density at radius 3 is 2.43 bits per heavy atom. The summed E-state index contributed by atoms with van der Waals surface area (Å²) in [5, 5.41) is 19.7. The van der Waals surface area contributed by atoms with Gasteiger partial charge in [0.2, 0.25) is 5.91 Å². The second kappa shape index (κ2) is 8.67. The van der Waals surface area contributed by atoms with Crippen molar-refractivity contribution in [2.45, 2.75) is 57.2 Å². The van der Waals surface area contributed by atoms with E-state index in [0.29, 0.717) is 11.6 Å². The minimum Gasteiger partial charge on any atom is -0.365 e. The quantitative estimate of drug-likeness (QED) is 0.651. The van der Waals surface area contributed by atoms with Crippen molar-refractivity contribution >= 4 is 17.6 Å². The van der Waals surface area contributed by atoms with Gasteiger partial charge in [0.15, 0.2) is 5.82 Å². The second-order valence-electron chi connectivity index (χ2n) is 8.19. The molecular weight excluding hydrogens is 380 g/mol. The highest BCUT2D eigenvalue weighted by Gasteiger charge is 2.31. The summed E-state index contributed by atoms with van der Waals surface area (Å²) in [6.45, 7) is 0.770. The molecule has 0 radical (unpaired) electrons. The maximum absolute atomic E-state index is 12.1. The topological polar surface area (TPSA) is 126 Å². The van der Waals surface area contributed by atoms with Gasteiger partial charge in [-0.2, -0.15) is 10.4 Å². The molecule has 0 bridgehead atoms. The fourth-order valence-electron chi connectivity index (χ4n) is 3.92. The molecule has 1 aromatic heterocycles. The SMILES string of the molecule is N#Cc1ccc(CNC2CCC(n3cc(C(N)=O)c(NC(=O)C4CC4)n3)CC2)cc1. The standard InChI is InChI=1S/C22H26N6O2/c23-11-14-1-3-15(4-2-14)12-25-17-7-9-18(10-8-17)28-13-19(20(24)29)21(27-28)26-22(30)16-5-6-16/h1-4,13,16-18,25H,5-10,12H2,(H2,24,29)(H,26,27,30). The minimum atomic E-state index is -0.579. The maximum Gasteiger partial charge on any atom is 0.254 e. The molecule has 30 heavy (non-hydrogen) atoms. The Bertz CT molecular complexity index is 963. The van der Waals surface area contributed by atoms with Crippen LogP contribution in [0.25, 0.3) is 0 Å². The van der Waals surface area contributed by atoms with Crippen LogP contribution in [0.3, 0.4) is 0 Å². The van der Waals surface area contributed by atoms with E-state index >= 15 is 0 Å². The number of rotatable bonds is 7. The molecule has 2 amide bonds. The van der Waals surface area contributed by atoms with Gasteiger partial charge in [0, 0.05) is 24.7 Å². The molecule has 0 unspecified atom stereocenters. The highest BCUT2D eigenvalue weighted by atomic mass is 16.2. The average Bonchev–Trinajstić information content (AvgIpc) is 3.53. The molecule has 2 aliphatic rings. The summed E-state index contributed by atoms with van der Waals surface area (Å²) in [7, 11) is 0. The highest BCUT2D eigenvalue weighted by Crippen LogP contribution is 2.32. The minimum absolute atomic E-state index is 0.0356.